The van der Waals surface area contributed by atoms with Gasteiger partial charge in [0, 0.05) is 11.3 Å². The van der Waals surface area contributed by atoms with Crippen LogP contribution in [0.15, 0.2) is 29.3 Å². The van der Waals surface area contributed by atoms with Crippen LogP contribution in [-0.4, -0.2) is 12.1 Å². The van der Waals surface area contributed by atoms with Gasteiger partial charge in [0.15, 0.2) is 12.1 Å². The molecule has 4 nitrogen and oxygen atoms in total. The Morgan fingerprint density at radius 3 is 2.62 bits per heavy atom. The molecule has 68 valence electrons. The molecular formula is C9H11N3O. The van der Waals surface area contributed by atoms with Crippen LogP contribution in [0.5, 0.6) is 0 Å². The first-order chi connectivity index (χ1) is 6.25. The number of nitrogen functional groups attached to an aromatic ring is 1. The van der Waals surface area contributed by atoms with Gasteiger partial charge in [0.2, 0.25) is 0 Å². The summed E-state index contributed by atoms with van der Waals surface area (Å²) in [5.41, 5.74) is 10.0. The number of nitrogens with one attached hydrogen (secondary N) is 1. The lowest BCUT2D eigenvalue weighted by atomic mass is 10.2. The van der Waals surface area contributed by atoms with E-state index in [1.165, 1.54) is 0 Å². The molecule has 0 aromatic heterocycles. The van der Waals surface area contributed by atoms with Gasteiger partial charge in [0.05, 0.1) is 0 Å². The number of anilines is 1. The molecule has 1 aromatic rings. The van der Waals surface area contributed by atoms with Gasteiger partial charge in [0.1, 0.15) is 0 Å². The van der Waals surface area contributed by atoms with Crippen molar-refractivity contribution in [1.29, 1.82) is 0 Å². The third kappa shape index (κ3) is 1.62. The van der Waals surface area contributed by atoms with Crippen molar-refractivity contribution in [3.05, 3.63) is 29.8 Å². The highest BCUT2D eigenvalue weighted by molar-refractivity contribution is 5.99. The Balaban J connectivity index is 2.26. The van der Waals surface area contributed by atoms with Crippen molar-refractivity contribution >= 4 is 11.5 Å². The molecular weight excluding hydrogens is 166 g/mol. The van der Waals surface area contributed by atoms with Crippen LogP contribution in [0.2, 0.25) is 0 Å². The molecule has 1 aromatic carbocycles. The van der Waals surface area contributed by atoms with Gasteiger partial charge in [-0.2, -0.15) is 0 Å². The summed E-state index contributed by atoms with van der Waals surface area (Å²) >= 11 is 0. The second-order valence-corrected chi connectivity index (χ2v) is 2.92. The molecule has 1 unspecified atom stereocenters. The molecule has 0 spiro atoms. The smallest absolute Gasteiger partial charge is 0.174 e. The number of nitrogens with zero attached hydrogens (tertiary/aromatic N) is 1. The van der Waals surface area contributed by atoms with E-state index in [0.717, 1.165) is 17.1 Å². The molecule has 13 heavy (non-hydrogen) atoms. The van der Waals surface area contributed by atoms with E-state index in [9.17, 15) is 0 Å². The van der Waals surface area contributed by atoms with Gasteiger partial charge in [-0.05, 0) is 31.2 Å². The van der Waals surface area contributed by atoms with Gasteiger partial charge < -0.3 is 5.73 Å². The Morgan fingerprint density at radius 1 is 1.38 bits per heavy atom. The molecule has 1 atom stereocenters. The first kappa shape index (κ1) is 8.07. The highest BCUT2D eigenvalue weighted by Gasteiger charge is 2.13. The number of rotatable bonds is 1. The topological polar surface area (TPSA) is 59.6 Å². The molecule has 4 heteroatoms. The average molecular weight is 177 g/mol. The molecule has 0 saturated carbocycles. The Labute approximate surface area is 76.4 Å². The monoisotopic (exact) mass is 177 g/mol. The zero-order chi connectivity index (χ0) is 9.26. The molecule has 3 N–H and O–H groups in total. The van der Waals surface area contributed by atoms with Crippen LogP contribution in [-0.2, 0) is 4.84 Å². The normalized spacial score (nSPS) is 21.0. The Hall–Kier alpha value is -1.55. The van der Waals surface area contributed by atoms with E-state index >= 15 is 0 Å². The third-order valence-corrected chi connectivity index (χ3v) is 1.82. The van der Waals surface area contributed by atoms with Crippen LogP contribution in [0, 0.1) is 0 Å². The summed E-state index contributed by atoms with van der Waals surface area (Å²) in [6.45, 7) is 1.87. The quantitative estimate of drug-likeness (QED) is 0.626. The van der Waals surface area contributed by atoms with Crippen LogP contribution in [0.3, 0.4) is 0 Å². The van der Waals surface area contributed by atoms with Gasteiger partial charge in [-0.3, -0.25) is 0 Å². The van der Waals surface area contributed by atoms with Gasteiger partial charge in [-0.25, -0.2) is 15.3 Å². The molecule has 0 bridgehead atoms. The summed E-state index contributed by atoms with van der Waals surface area (Å²) in [7, 11) is 0. The molecule has 2 rings (SSSR count). The summed E-state index contributed by atoms with van der Waals surface area (Å²) in [6, 6.07) is 7.48. The summed E-state index contributed by atoms with van der Waals surface area (Å²) in [5, 5.41) is 0. The van der Waals surface area contributed by atoms with Crippen molar-refractivity contribution in [3.63, 3.8) is 0 Å². The van der Waals surface area contributed by atoms with Crippen molar-refractivity contribution in [2.75, 3.05) is 5.73 Å². The summed E-state index contributed by atoms with van der Waals surface area (Å²) in [6.07, 6.45) is -0.118. The first-order valence-electron chi connectivity index (χ1n) is 4.11. The van der Waals surface area contributed by atoms with E-state index in [0.29, 0.717) is 0 Å². The third-order valence-electron chi connectivity index (χ3n) is 1.82. The van der Waals surface area contributed by atoms with Gasteiger partial charge in [-0.15, -0.1) is 0 Å². The van der Waals surface area contributed by atoms with Crippen LogP contribution in [0.25, 0.3) is 0 Å². The van der Waals surface area contributed by atoms with Gasteiger partial charge >= 0.3 is 0 Å². The predicted octanol–water partition coefficient (Wildman–Crippen LogP) is 0.896. The molecule has 1 aliphatic rings. The number of aliphatic imine (C=N–C) groups is 1. The largest absolute Gasteiger partial charge is 0.399 e. The van der Waals surface area contributed by atoms with Gasteiger partial charge in [0.25, 0.3) is 0 Å². The van der Waals surface area contributed by atoms with E-state index in [1.54, 1.807) is 0 Å². The predicted molar refractivity (Wildman–Crippen MR) is 51.1 cm³/mol. The van der Waals surface area contributed by atoms with Crippen LogP contribution < -0.4 is 11.2 Å². The van der Waals surface area contributed by atoms with E-state index in [2.05, 4.69) is 10.5 Å². The molecule has 0 saturated heterocycles. The fraction of sp³-hybridized carbons (Fsp3) is 0.222. The summed E-state index contributed by atoms with van der Waals surface area (Å²) in [5.74, 6) is 0.757. The minimum absolute atomic E-state index is 0.118. The van der Waals surface area contributed by atoms with Crippen molar-refractivity contribution in [2.45, 2.75) is 13.2 Å². The van der Waals surface area contributed by atoms with Gasteiger partial charge in [-0.1, -0.05) is 0 Å². The molecule has 0 amide bonds. The highest BCUT2D eigenvalue weighted by atomic mass is 16.7. The molecule has 1 aliphatic heterocycles. The lowest BCUT2D eigenvalue weighted by molar-refractivity contribution is 0.0504. The zero-order valence-corrected chi connectivity index (χ0v) is 7.32. The van der Waals surface area contributed by atoms with E-state index in [1.807, 2.05) is 31.2 Å². The number of amidine groups is 1. The summed E-state index contributed by atoms with van der Waals surface area (Å²) < 4.78 is 0. The van der Waals surface area contributed by atoms with Crippen LogP contribution in [0.4, 0.5) is 5.69 Å². The first-order valence-corrected chi connectivity index (χ1v) is 4.11. The highest BCUT2D eigenvalue weighted by Crippen LogP contribution is 2.09. The van der Waals surface area contributed by atoms with Crippen molar-refractivity contribution < 1.29 is 4.84 Å². The standard InChI is InChI=1S/C9H11N3O/c1-6-11-9(12-13-6)7-2-4-8(10)5-3-7/h2-6H,10H2,1H3,(H,11,12). The van der Waals surface area contributed by atoms with Crippen molar-refractivity contribution in [3.8, 4) is 0 Å². The lowest BCUT2D eigenvalue weighted by Crippen LogP contribution is -2.18. The fourth-order valence-corrected chi connectivity index (χ4v) is 1.15. The second-order valence-electron chi connectivity index (χ2n) is 2.92. The van der Waals surface area contributed by atoms with Crippen LogP contribution in [0.1, 0.15) is 12.5 Å². The van der Waals surface area contributed by atoms with E-state index in [4.69, 9.17) is 10.6 Å². The van der Waals surface area contributed by atoms with Crippen molar-refractivity contribution in [1.82, 2.24) is 5.48 Å². The summed E-state index contributed by atoms with van der Waals surface area (Å²) in [4.78, 5) is 9.30. The fourth-order valence-electron chi connectivity index (χ4n) is 1.15. The number of nitrogens with two attached hydrogens (primary N) is 1. The minimum Gasteiger partial charge on any atom is -0.399 e. The minimum atomic E-state index is -0.118. The Bertz CT molecular complexity index is 331. The molecule has 0 radical (unpaired) electrons. The molecule has 0 fully saturated rings. The molecule has 1 heterocycles. The Morgan fingerprint density at radius 2 is 2.08 bits per heavy atom. The molecule has 0 aliphatic carbocycles. The van der Waals surface area contributed by atoms with Crippen molar-refractivity contribution in [2.24, 2.45) is 4.99 Å². The average Bonchev–Trinajstić information content (AvgIpc) is 2.53. The number of hydrogen-bond acceptors (Lipinski definition) is 4. The Kier molecular flexibility index (Phi) is 1.90. The number of benzene rings is 1. The maximum atomic E-state index is 5.56. The maximum absolute atomic E-state index is 5.56. The SMILES string of the molecule is CC1N=C(c2ccc(N)cc2)NO1. The number of hydrogen-bond donors (Lipinski definition) is 2. The number of hydroxylamine groups is 1. The van der Waals surface area contributed by atoms with E-state index < -0.39 is 0 Å². The maximum Gasteiger partial charge on any atom is 0.174 e. The zero-order valence-electron chi connectivity index (χ0n) is 7.32. The van der Waals surface area contributed by atoms with Crippen LogP contribution >= 0.6 is 0 Å². The lowest BCUT2D eigenvalue weighted by Gasteiger charge is -2.00. The second kappa shape index (κ2) is 3.06. The van der Waals surface area contributed by atoms with E-state index in [-0.39, 0.29) is 6.23 Å².